The van der Waals surface area contributed by atoms with Crippen LogP contribution in [0.2, 0.25) is 0 Å². The maximum atomic E-state index is 13.6. The van der Waals surface area contributed by atoms with Gasteiger partial charge >= 0.3 is 5.69 Å². The average Bonchev–Trinajstić information content (AvgIpc) is 3.23. The molecule has 4 rings (SSSR count). The predicted octanol–water partition coefficient (Wildman–Crippen LogP) is 2.64. The second-order valence-electron chi connectivity index (χ2n) is 9.42. The van der Waals surface area contributed by atoms with Crippen molar-refractivity contribution in [2.24, 2.45) is 18.7 Å². The molecule has 1 fully saturated rings. The van der Waals surface area contributed by atoms with Crippen LogP contribution in [0.1, 0.15) is 49.9 Å². The number of carbonyl (C=O) groups excluding carboxylic acids is 1. The van der Waals surface area contributed by atoms with Crippen LogP contribution in [0.3, 0.4) is 0 Å². The van der Waals surface area contributed by atoms with E-state index in [4.69, 9.17) is 10.5 Å². The molecule has 2 heterocycles. The minimum Gasteiger partial charge on any atom is -0.461 e. The molecule has 1 aliphatic rings. The van der Waals surface area contributed by atoms with Crippen molar-refractivity contribution in [2.75, 3.05) is 6.54 Å². The summed E-state index contributed by atoms with van der Waals surface area (Å²) in [7, 11) is 1.55. The molecule has 9 heteroatoms. The highest BCUT2D eigenvalue weighted by atomic mass is 16.5. The molecule has 0 radical (unpaired) electrons. The van der Waals surface area contributed by atoms with Gasteiger partial charge in [0.05, 0.1) is 6.54 Å². The van der Waals surface area contributed by atoms with Gasteiger partial charge in [-0.2, -0.15) is 4.98 Å². The van der Waals surface area contributed by atoms with Gasteiger partial charge in [-0.05, 0) is 39.7 Å². The van der Waals surface area contributed by atoms with Crippen molar-refractivity contribution < 1.29 is 9.53 Å². The Balaban J connectivity index is 1.83. The predicted molar refractivity (Wildman–Crippen MR) is 135 cm³/mol. The third-order valence-corrected chi connectivity index (χ3v) is 6.68. The Morgan fingerprint density at radius 3 is 2.54 bits per heavy atom. The van der Waals surface area contributed by atoms with Crippen LogP contribution in [0.4, 0.5) is 0 Å². The molecule has 1 aliphatic carbocycles. The van der Waals surface area contributed by atoms with Crippen molar-refractivity contribution in [1.29, 1.82) is 0 Å². The molecule has 1 saturated carbocycles. The number of allylic oxidation sites excluding steroid dienone is 2. The van der Waals surface area contributed by atoms with Gasteiger partial charge in [0.2, 0.25) is 0 Å². The van der Waals surface area contributed by atoms with E-state index in [0.717, 1.165) is 35.8 Å². The number of aromatic nitrogens is 4. The highest BCUT2D eigenvalue weighted by molar-refractivity contribution is 5.95. The van der Waals surface area contributed by atoms with E-state index in [1.807, 2.05) is 19.9 Å². The first-order chi connectivity index (χ1) is 16.8. The third-order valence-electron chi connectivity index (χ3n) is 6.68. The van der Waals surface area contributed by atoms with E-state index >= 15 is 0 Å². The first-order valence-corrected chi connectivity index (χ1v) is 12.1. The Hall–Kier alpha value is -3.46. The SMILES string of the molecule is CC(C)=CCn1c(O[C@H]2CCCC[C@H]2CN)nc2c1c(=O)n(CC(=O)c1ccccc1)c(=O)n2C. The number of aryl methyl sites for hydroxylation is 1. The fourth-order valence-electron chi connectivity index (χ4n) is 4.62. The van der Waals surface area contributed by atoms with Gasteiger partial charge in [0.15, 0.2) is 16.9 Å². The van der Waals surface area contributed by atoms with E-state index in [0.29, 0.717) is 24.7 Å². The lowest BCUT2D eigenvalue weighted by Gasteiger charge is -2.30. The summed E-state index contributed by atoms with van der Waals surface area (Å²) in [6.45, 7) is 4.46. The molecule has 0 spiro atoms. The molecular weight excluding hydrogens is 446 g/mol. The van der Waals surface area contributed by atoms with Gasteiger partial charge in [0, 0.05) is 25.1 Å². The molecule has 2 atom stereocenters. The number of nitrogens with zero attached hydrogens (tertiary/aromatic N) is 4. The van der Waals surface area contributed by atoms with Crippen molar-refractivity contribution in [3.8, 4) is 6.01 Å². The standard InChI is InChI=1S/C26H33N5O4/c1-17(2)13-14-30-22-23(28-25(30)35-21-12-8-7-11-19(21)15-27)29(3)26(34)31(24(22)33)16-20(32)18-9-5-4-6-10-18/h4-6,9-10,13,19,21H,7-8,11-12,14-16,27H2,1-3H3/t19-,21-/m0/s1. The minimum absolute atomic E-state index is 0.102. The number of fused-ring (bicyclic) bond motifs is 1. The quantitative estimate of drug-likeness (QED) is 0.392. The number of nitrogens with two attached hydrogens (primary N) is 1. The van der Waals surface area contributed by atoms with Crippen LogP contribution in [0.5, 0.6) is 6.01 Å². The summed E-state index contributed by atoms with van der Waals surface area (Å²) in [6, 6.07) is 8.92. The van der Waals surface area contributed by atoms with E-state index in [-0.39, 0.29) is 35.5 Å². The summed E-state index contributed by atoms with van der Waals surface area (Å²) in [5.74, 6) is -0.103. The number of ether oxygens (including phenoxy) is 1. The van der Waals surface area contributed by atoms with Crippen molar-refractivity contribution in [1.82, 2.24) is 18.7 Å². The topological polar surface area (TPSA) is 114 Å². The number of hydrogen-bond acceptors (Lipinski definition) is 6. The molecule has 0 bridgehead atoms. The average molecular weight is 480 g/mol. The van der Waals surface area contributed by atoms with Gasteiger partial charge in [-0.1, -0.05) is 48.4 Å². The number of ketones is 1. The Bertz CT molecular complexity index is 1360. The Morgan fingerprint density at radius 1 is 1.14 bits per heavy atom. The van der Waals surface area contributed by atoms with Gasteiger partial charge in [0.25, 0.3) is 11.6 Å². The zero-order valence-electron chi connectivity index (χ0n) is 20.6. The summed E-state index contributed by atoms with van der Waals surface area (Å²) in [6.07, 6.45) is 5.88. The molecule has 2 aromatic heterocycles. The first kappa shape index (κ1) is 24.7. The molecule has 9 nitrogen and oxygen atoms in total. The lowest BCUT2D eigenvalue weighted by atomic mass is 9.86. The lowest BCUT2D eigenvalue weighted by molar-refractivity contribution is 0.0841. The van der Waals surface area contributed by atoms with Gasteiger partial charge in [0.1, 0.15) is 6.10 Å². The number of carbonyl (C=O) groups is 1. The number of hydrogen-bond donors (Lipinski definition) is 1. The molecule has 3 aromatic rings. The largest absolute Gasteiger partial charge is 0.461 e. The molecular formula is C26H33N5O4. The highest BCUT2D eigenvalue weighted by Gasteiger charge is 2.29. The summed E-state index contributed by atoms with van der Waals surface area (Å²) < 4.78 is 10.3. The zero-order valence-corrected chi connectivity index (χ0v) is 20.6. The molecule has 0 saturated heterocycles. The number of Topliss-reactive ketones (excluding diaryl/α,β-unsaturated/α-hetero) is 1. The first-order valence-electron chi connectivity index (χ1n) is 12.1. The Labute approximate surface area is 203 Å². The lowest BCUT2D eigenvalue weighted by Crippen LogP contribution is -2.41. The monoisotopic (exact) mass is 479 g/mol. The van der Waals surface area contributed by atoms with Crippen molar-refractivity contribution in [2.45, 2.75) is 58.7 Å². The molecule has 0 amide bonds. The summed E-state index contributed by atoms with van der Waals surface area (Å²) in [5, 5.41) is 0. The van der Waals surface area contributed by atoms with Crippen LogP contribution in [-0.4, -0.2) is 37.1 Å². The maximum Gasteiger partial charge on any atom is 0.332 e. The number of rotatable bonds is 8. The number of benzene rings is 1. The van der Waals surface area contributed by atoms with Crippen molar-refractivity contribution in [3.05, 3.63) is 68.4 Å². The van der Waals surface area contributed by atoms with Gasteiger partial charge in [-0.25, -0.2) is 4.79 Å². The van der Waals surface area contributed by atoms with E-state index in [9.17, 15) is 14.4 Å². The summed E-state index contributed by atoms with van der Waals surface area (Å²) >= 11 is 0. The van der Waals surface area contributed by atoms with Crippen LogP contribution < -0.4 is 21.7 Å². The normalized spacial score (nSPS) is 17.9. The van der Waals surface area contributed by atoms with Crippen molar-refractivity contribution in [3.63, 3.8) is 0 Å². The van der Waals surface area contributed by atoms with E-state index in [1.54, 1.807) is 41.9 Å². The van der Waals surface area contributed by atoms with Crippen molar-refractivity contribution >= 4 is 16.9 Å². The van der Waals surface area contributed by atoms with Crippen LogP contribution in [0.15, 0.2) is 51.6 Å². The fourth-order valence-corrected chi connectivity index (χ4v) is 4.62. The number of imidazole rings is 1. The molecule has 2 N–H and O–H groups in total. The Kier molecular flexibility index (Phi) is 7.35. The third kappa shape index (κ3) is 5.00. The van der Waals surface area contributed by atoms with Crippen LogP contribution in [-0.2, 0) is 20.1 Å². The van der Waals surface area contributed by atoms with Gasteiger partial charge < -0.3 is 10.5 Å². The molecule has 35 heavy (non-hydrogen) atoms. The summed E-state index contributed by atoms with van der Waals surface area (Å²) in [4.78, 5) is 44.1. The molecule has 0 unspecified atom stereocenters. The van der Waals surface area contributed by atoms with Crippen LogP contribution >= 0.6 is 0 Å². The fraction of sp³-hybridized carbons (Fsp3) is 0.462. The van der Waals surface area contributed by atoms with Gasteiger partial charge in [-0.3, -0.25) is 23.3 Å². The minimum atomic E-state index is -0.595. The second kappa shape index (κ2) is 10.4. The zero-order chi connectivity index (χ0) is 25.1. The van der Waals surface area contributed by atoms with E-state index < -0.39 is 11.2 Å². The van der Waals surface area contributed by atoms with E-state index in [1.165, 1.54) is 4.57 Å². The highest BCUT2D eigenvalue weighted by Crippen LogP contribution is 2.29. The van der Waals surface area contributed by atoms with Crippen LogP contribution in [0.25, 0.3) is 11.2 Å². The second-order valence-corrected chi connectivity index (χ2v) is 9.42. The smallest absolute Gasteiger partial charge is 0.332 e. The molecule has 0 aliphatic heterocycles. The molecule has 1 aromatic carbocycles. The Morgan fingerprint density at radius 2 is 1.86 bits per heavy atom. The van der Waals surface area contributed by atoms with Crippen LogP contribution in [0, 0.1) is 5.92 Å². The molecule has 186 valence electrons. The van der Waals surface area contributed by atoms with Gasteiger partial charge in [-0.15, -0.1) is 0 Å². The summed E-state index contributed by atoms with van der Waals surface area (Å²) in [5.41, 5.74) is 6.82. The van der Waals surface area contributed by atoms with E-state index in [2.05, 4.69) is 4.98 Å². The maximum absolute atomic E-state index is 13.6.